The number of pyridine rings is 1. The molecule has 13 heavy (non-hydrogen) atoms. The number of anilines is 1. The van der Waals surface area contributed by atoms with Gasteiger partial charge in [-0.3, -0.25) is 0 Å². The molecule has 1 aromatic heterocycles. The molecule has 1 aromatic rings. The molecule has 1 rings (SSSR count). The van der Waals surface area contributed by atoms with Crippen molar-refractivity contribution in [3.8, 4) is 6.07 Å². The maximum absolute atomic E-state index is 8.74. The number of hydrogen-bond acceptors (Lipinski definition) is 4. The smallest absolute Gasteiger partial charge is 0.144 e. The molecule has 1 heterocycles. The quantitative estimate of drug-likeness (QED) is 0.711. The third-order valence-electron chi connectivity index (χ3n) is 1.66. The monoisotopic (exact) mass is 176 g/mol. The van der Waals surface area contributed by atoms with Gasteiger partial charge in [-0.2, -0.15) is 5.26 Å². The van der Waals surface area contributed by atoms with Crippen LogP contribution in [0.25, 0.3) is 0 Å². The SMILES string of the molecule is CC(CN)Nc1ncccc1C#N. The minimum Gasteiger partial charge on any atom is -0.365 e. The van der Waals surface area contributed by atoms with Crippen LogP contribution in [0.4, 0.5) is 5.82 Å². The predicted molar refractivity (Wildman–Crippen MR) is 51.1 cm³/mol. The van der Waals surface area contributed by atoms with Gasteiger partial charge in [-0.05, 0) is 19.1 Å². The first-order valence-electron chi connectivity index (χ1n) is 4.09. The van der Waals surface area contributed by atoms with Gasteiger partial charge in [-0.25, -0.2) is 4.98 Å². The lowest BCUT2D eigenvalue weighted by atomic mass is 10.2. The van der Waals surface area contributed by atoms with E-state index in [9.17, 15) is 0 Å². The lowest BCUT2D eigenvalue weighted by Gasteiger charge is -2.12. The van der Waals surface area contributed by atoms with E-state index in [4.69, 9.17) is 11.0 Å². The van der Waals surface area contributed by atoms with Crippen LogP contribution in [0, 0.1) is 11.3 Å². The van der Waals surface area contributed by atoms with Crippen LogP contribution in [0.15, 0.2) is 18.3 Å². The van der Waals surface area contributed by atoms with Gasteiger partial charge in [0.1, 0.15) is 11.9 Å². The molecule has 1 atom stereocenters. The van der Waals surface area contributed by atoms with E-state index in [-0.39, 0.29) is 6.04 Å². The van der Waals surface area contributed by atoms with Gasteiger partial charge in [0.2, 0.25) is 0 Å². The zero-order valence-electron chi connectivity index (χ0n) is 7.49. The second kappa shape index (κ2) is 4.43. The zero-order valence-corrected chi connectivity index (χ0v) is 7.49. The lowest BCUT2D eigenvalue weighted by Crippen LogP contribution is -2.26. The normalized spacial score (nSPS) is 11.8. The molecule has 0 aliphatic heterocycles. The van der Waals surface area contributed by atoms with E-state index in [1.54, 1.807) is 18.3 Å². The Kier molecular flexibility index (Phi) is 3.23. The van der Waals surface area contributed by atoms with Crippen molar-refractivity contribution in [2.45, 2.75) is 13.0 Å². The summed E-state index contributed by atoms with van der Waals surface area (Å²) in [5.74, 6) is 0.600. The first-order valence-corrected chi connectivity index (χ1v) is 4.09. The highest BCUT2D eigenvalue weighted by atomic mass is 15.0. The molecule has 1 unspecified atom stereocenters. The largest absolute Gasteiger partial charge is 0.365 e. The summed E-state index contributed by atoms with van der Waals surface area (Å²) in [5.41, 5.74) is 5.98. The van der Waals surface area contributed by atoms with E-state index in [0.717, 1.165) is 0 Å². The number of nitrogens with two attached hydrogens (primary N) is 1. The number of nitrogens with zero attached hydrogens (tertiary/aromatic N) is 2. The number of nitrogens with one attached hydrogen (secondary N) is 1. The highest BCUT2D eigenvalue weighted by molar-refractivity contribution is 5.51. The third kappa shape index (κ3) is 2.42. The highest BCUT2D eigenvalue weighted by Crippen LogP contribution is 2.10. The van der Waals surface area contributed by atoms with E-state index < -0.39 is 0 Å². The first-order chi connectivity index (χ1) is 6.27. The number of rotatable bonds is 3. The average molecular weight is 176 g/mol. The molecule has 0 amide bonds. The second-order valence-corrected chi connectivity index (χ2v) is 2.79. The van der Waals surface area contributed by atoms with E-state index in [1.165, 1.54) is 0 Å². The van der Waals surface area contributed by atoms with Crippen LogP contribution in [-0.2, 0) is 0 Å². The van der Waals surface area contributed by atoms with Crippen LogP contribution in [0.2, 0.25) is 0 Å². The molecular formula is C9H12N4. The summed E-state index contributed by atoms with van der Waals surface area (Å²) < 4.78 is 0. The van der Waals surface area contributed by atoms with E-state index in [0.29, 0.717) is 17.9 Å². The summed E-state index contributed by atoms with van der Waals surface area (Å²) in [6.07, 6.45) is 1.65. The summed E-state index contributed by atoms with van der Waals surface area (Å²) in [5, 5.41) is 11.8. The molecule has 0 spiro atoms. The second-order valence-electron chi connectivity index (χ2n) is 2.79. The van der Waals surface area contributed by atoms with Crippen LogP contribution in [0.5, 0.6) is 0 Å². The zero-order chi connectivity index (χ0) is 9.68. The van der Waals surface area contributed by atoms with Crippen LogP contribution in [0.1, 0.15) is 12.5 Å². The minimum absolute atomic E-state index is 0.127. The van der Waals surface area contributed by atoms with Crippen LogP contribution < -0.4 is 11.1 Å². The molecule has 0 aliphatic carbocycles. The van der Waals surface area contributed by atoms with Crippen molar-refractivity contribution in [2.24, 2.45) is 5.73 Å². The number of aromatic nitrogens is 1. The Morgan fingerprint density at radius 3 is 3.15 bits per heavy atom. The summed E-state index contributed by atoms with van der Waals surface area (Å²) in [4.78, 5) is 4.05. The Bertz CT molecular complexity index is 316. The van der Waals surface area contributed by atoms with Crippen molar-refractivity contribution in [3.05, 3.63) is 23.9 Å². The standard InChI is InChI=1S/C9H12N4/c1-7(5-10)13-9-8(6-11)3-2-4-12-9/h2-4,7H,5,10H2,1H3,(H,12,13). The molecule has 0 aromatic carbocycles. The van der Waals surface area contributed by atoms with Gasteiger partial charge in [0, 0.05) is 18.8 Å². The van der Waals surface area contributed by atoms with Crippen molar-refractivity contribution >= 4 is 5.82 Å². The molecule has 0 saturated carbocycles. The van der Waals surface area contributed by atoms with Crippen molar-refractivity contribution in [2.75, 3.05) is 11.9 Å². The average Bonchev–Trinajstić information content (AvgIpc) is 2.18. The predicted octanol–water partition coefficient (Wildman–Crippen LogP) is 0.712. The molecule has 0 radical (unpaired) electrons. The first kappa shape index (κ1) is 9.49. The van der Waals surface area contributed by atoms with Crippen LogP contribution in [0.3, 0.4) is 0 Å². The fourth-order valence-electron chi connectivity index (χ4n) is 0.903. The van der Waals surface area contributed by atoms with Crippen molar-refractivity contribution in [3.63, 3.8) is 0 Å². The summed E-state index contributed by atoms with van der Waals surface area (Å²) >= 11 is 0. The summed E-state index contributed by atoms with van der Waals surface area (Å²) in [6, 6.07) is 5.64. The molecule has 4 heteroatoms. The Morgan fingerprint density at radius 1 is 1.77 bits per heavy atom. The van der Waals surface area contributed by atoms with Crippen molar-refractivity contribution in [1.82, 2.24) is 4.98 Å². The van der Waals surface area contributed by atoms with E-state index in [1.807, 2.05) is 6.92 Å². The van der Waals surface area contributed by atoms with Gasteiger partial charge in [0.05, 0.1) is 5.56 Å². The van der Waals surface area contributed by atoms with Gasteiger partial charge in [-0.1, -0.05) is 0 Å². The molecule has 4 nitrogen and oxygen atoms in total. The highest BCUT2D eigenvalue weighted by Gasteiger charge is 2.04. The van der Waals surface area contributed by atoms with Gasteiger partial charge >= 0.3 is 0 Å². The third-order valence-corrected chi connectivity index (χ3v) is 1.66. The minimum atomic E-state index is 0.127. The molecule has 3 N–H and O–H groups in total. The van der Waals surface area contributed by atoms with Gasteiger partial charge in [-0.15, -0.1) is 0 Å². The topological polar surface area (TPSA) is 74.7 Å². The van der Waals surface area contributed by atoms with Gasteiger partial charge in [0.15, 0.2) is 0 Å². The van der Waals surface area contributed by atoms with Crippen molar-refractivity contribution < 1.29 is 0 Å². The van der Waals surface area contributed by atoms with E-state index >= 15 is 0 Å². The molecule has 0 fully saturated rings. The Morgan fingerprint density at radius 2 is 2.54 bits per heavy atom. The Labute approximate surface area is 77.4 Å². The van der Waals surface area contributed by atoms with E-state index in [2.05, 4.69) is 16.4 Å². The van der Waals surface area contributed by atoms with Crippen LogP contribution in [-0.4, -0.2) is 17.6 Å². The summed E-state index contributed by atoms with van der Waals surface area (Å²) in [6.45, 7) is 2.46. The molecule has 0 bridgehead atoms. The molecular weight excluding hydrogens is 164 g/mol. The van der Waals surface area contributed by atoms with Gasteiger partial charge in [0.25, 0.3) is 0 Å². The maximum atomic E-state index is 8.74. The molecule has 68 valence electrons. The Hall–Kier alpha value is -1.60. The van der Waals surface area contributed by atoms with Crippen LogP contribution >= 0.6 is 0 Å². The fraction of sp³-hybridized carbons (Fsp3) is 0.333. The maximum Gasteiger partial charge on any atom is 0.144 e. The fourth-order valence-corrected chi connectivity index (χ4v) is 0.903. The summed E-state index contributed by atoms with van der Waals surface area (Å²) in [7, 11) is 0. The molecule has 0 saturated heterocycles. The number of nitriles is 1. The molecule has 0 aliphatic rings. The lowest BCUT2D eigenvalue weighted by molar-refractivity contribution is 0.797. The number of hydrogen-bond donors (Lipinski definition) is 2. The van der Waals surface area contributed by atoms with Gasteiger partial charge < -0.3 is 11.1 Å². The Balaban J connectivity index is 2.82. The van der Waals surface area contributed by atoms with Crippen molar-refractivity contribution in [1.29, 1.82) is 5.26 Å².